The quantitative estimate of drug-likeness (QED) is 0.294. The Hall–Kier alpha value is -3.77. The van der Waals surface area contributed by atoms with Gasteiger partial charge in [0.2, 0.25) is 0 Å². The number of hydrogen-bond donors (Lipinski definition) is 1. The van der Waals surface area contributed by atoms with E-state index in [1.807, 2.05) is 56.3 Å². The summed E-state index contributed by atoms with van der Waals surface area (Å²) in [5.41, 5.74) is 3.29. The van der Waals surface area contributed by atoms with E-state index in [4.69, 9.17) is 21.1 Å². The van der Waals surface area contributed by atoms with E-state index in [-0.39, 0.29) is 27.7 Å². The second kappa shape index (κ2) is 9.23. The first kappa shape index (κ1) is 23.4. The predicted molar refractivity (Wildman–Crippen MR) is 132 cm³/mol. The highest BCUT2D eigenvalue weighted by atomic mass is 35.5. The molecule has 0 radical (unpaired) electrons. The number of carbonyl (C=O) groups excluding carboxylic acids is 2. The number of rotatable bonds is 5. The summed E-state index contributed by atoms with van der Waals surface area (Å²) < 4.78 is 10.7. The van der Waals surface area contributed by atoms with E-state index in [0.717, 1.165) is 11.1 Å². The summed E-state index contributed by atoms with van der Waals surface area (Å²) in [6.07, 6.45) is 0. The number of ketones is 1. The molecule has 0 spiro atoms. The van der Waals surface area contributed by atoms with Crippen LogP contribution in [0.5, 0.6) is 11.5 Å². The summed E-state index contributed by atoms with van der Waals surface area (Å²) >= 11 is 6.31. The number of methoxy groups -OCH3 is 2. The molecule has 1 heterocycles. The minimum atomic E-state index is -0.840. The largest absolute Gasteiger partial charge is 0.507 e. The lowest BCUT2D eigenvalue weighted by molar-refractivity contribution is -0.132. The van der Waals surface area contributed by atoms with Crippen molar-refractivity contribution in [1.82, 2.24) is 0 Å². The van der Waals surface area contributed by atoms with Gasteiger partial charge in [0.25, 0.3) is 11.7 Å². The number of Topliss-reactive ketones (excluding diaryl/α,β-unsaturated/α-hetero) is 1. The second-order valence-corrected chi connectivity index (χ2v) is 8.52. The summed E-state index contributed by atoms with van der Waals surface area (Å²) in [6, 6.07) is 17.0. The lowest BCUT2D eigenvalue weighted by Gasteiger charge is -2.26. The van der Waals surface area contributed by atoms with Gasteiger partial charge in [-0.2, -0.15) is 0 Å². The number of ether oxygens (including phenoxy) is 2. The fraction of sp³-hybridized carbons (Fsp3) is 0.185. The van der Waals surface area contributed by atoms with Gasteiger partial charge in [-0.05, 0) is 43.2 Å². The van der Waals surface area contributed by atoms with Crippen LogP contribution in [0.3, 0.4) is 0 Å². The number of anilines is 1. The fourth-order valence-corrected chi connectivity index (χ4v) is 4.46. The van der Waals surface area contributed by atoms with Gasteiger partial charge in [-0.15, -0.1) is 0 Å². The molecule has 0 aliphatic carbocycles. The van der Waals surface area contributed by atoms with E-state index in [9.17, 15) is 14.7 Å². The van der Waals surface area contributed by atoms with Crippen LogP contribution in [0, 0.1) is 13.8 Å². The van der Waals surface area contributed by atoms with Crippen LogP contribution in [0.25, 0.3) is 5.76 Å². The Labute approximate surface area is 203 Å². The number of hydrogen-bond acceptors (Lipinski definition) is 5. The summed E-state index contributed by atoms with van der Waals surface area (Å²) in [4.78, 5) is 28.1. The van der Waals surface area contributed by atoms with Gasteiger partial charge in [-0.25, -0.2) is 0 Å². The SMILES string of the molecule is COc1cc(OC)c(/C(O)=C2\C(=O)C(=O)N(c3cccc(C)c3)C2c2cccc(C)c2)cc1Cl. The van der Waals surface area contributed by atoms with Crippen LogP contribution in [-0.4, -0.2) is 31.0 Å². The topological polar surface area (TPSA) is 76.1 Å². The van der Waals surface area contributed by atoms with Gasteiger partial charge in [-0.1, -0.05) is 53.6 Å². The van der Waals surface area contributed by atoms with Gasteiger partial charge in [-0.3, -0.25) is 14.5 Å². The van der Waals surface area contributed by atoms with Crippen molar-refractivity contribution in [1.29, 1.82) is 0 Å². The zero-order valence-electron chi connectivity index (χ0n) is 19.3. The molecule has 1 N–H and O–H groups in total. The number of amides is 1. The molecule has 1 saturated heterocycles. The van der Waals surface area contributed by atoms with Crippen molar-refractivity contribution in [2.24, 2.45) is 0 Å². The maximum atomic E-state index is 13.4. The van der Waals surface area contributed by atoms with Crippen molar-refractivity contribution in [2.45, 2.75) is 19.9 Å². The molecular weight excluding hydrogens is 454 g/mol. The molecule has 1 aliphatic rings. The van der Waals surface area contributed by atoms with Gasteiger partial charge < -0.3 is 14.6 Å². The van der Waals surface area contributed by atoms with E-state index >= 15 is 0 Å². The maximum absolute atomic E-state index is 13.4. The third-order valence-electron chi connectivity index (χ3n) is 5.81. The maximum Gasteiger partial charge on any atom is 0.300 e. The van der Waals surface area contributed by atoms with Crippen LogP contribution in [-0.2, 0) is 9.59 Å². The smallest absolute Gasteiger partial charge is 0.300 e. The predicted octanol–water partition coefficient (Wildman–Crippen LogP) is 5.60. The molecule has 0 bridgehead atoms. The van der Waals surface area contributed by atoms with Gasteiger partial charge in [0.05, 0.1) is 36.4 Å². The standard InChI is InChI=1S/C27H24ClNO5/c1-15-7-5-9-17(11-15)24-23(25(30)19-13-20(28)22(34-4)14-21(19)33-3)26(31)27(32)29(24)18-10-6-8-16(2)12-18/h5-14,24,30H,1-4H3/b25-23+. The lowest BCUT2D eigenvalue weighted by atomic mass is 9.94. The van der Waals surface area contributed by atoms with Crippen LogP contribution in [0.4, 0.5) is 5.69 Å². The fourth-order valence-electron chi connectivity index (χ4n) is 4.22. The molecule has 3 aromatic carbocycles. The first-order valence-corrected chi connectivity index (χ1v) is 11.0. The first-order valence-electron chi connectivity index (χ1n) is 10.6. The molecule has 7 heteroatoms. The molecule has 1 atom stereocenters. The second-order valence-electron chi connectivity index (χ2n) is 8.11. The van der Waals surface area contributed by atoms with Crippen LogP contribution in [0.2, 0.25) is 5.02 Å². The number of nitrogens with zero attached hydrogens (tertiary/aromatic N) is 1. The summed E-state index contributed by atoms with van der Waals surface area (Å²) in [5.74, 6) is -1.29. The molecule has 6 nitrogen and oxygen atoms in total. The lowest BCUT2D eigenvalue weighted by Crippen LogP contribution is -2.29. The Kier molecular flexibility index (Phi) is 6.35. The van der Waals surface area contributed by atoms with Gasteiger partial charge in [0.15, 0.2) is 0 Å². The van der Waals surface area contributed by atoms with Gasteiger partial charge in [0, 0.05) is 11.8 Å². The van der Waals surface area contributed by atoms with Crippen LogP contribution < -0.4 is 14.4 Å². The summed E-state index contributed by atoms with van der Waals surface area (Å²) in [6.45, 7) is 3.83. The molecule has 1 aliphatic heterocycles. The van der Waals surface area contributed by atoms with Crippen molar-refractivity contribution in [3.05, 3.63) is 93.5 Å². The number of aliphatic hydroxyl groups excluding tert-OH is 1. The highest BCUT2D eigenvalue weighted by molar-refractivity contribution is 6.51. The Morgan fingerprint density at radius 1 is 0.912 bits per heavy atom. The van der Waals surface area contributed by atoms with Crippen LogP contribution >= 0.6 is 11.6 Å². The average molecular weight is 478 g/mol. The van der Waals surface area contributed by atoms with Crippen molar-refractivity contribution >= 4 is 34.7 Å². The van der Waals surface area contributed by atoms with Crippen molar-refractivity contribution < 1.29 is 24.2 Å². The average Bonchev–Trinajstić information content (AvgIpc) is 3.09. The van der Waals surface area contributed by atoms with Gasteiger partial charge in [0.1, 0.15) is 17.3 Å². The highest BCUT2D eigenvalue weighted by Crippen LogP contribution is 2.44. The third kappa shape index (κ3) is 4.01. The first-order chi connectivity index (χ1) is 16.3. The van der Waals surface area contributed by atoms with Gasteiger partial charge >= 0.3 is 0 Å². The molecule has 4 rings (SSSR count). The zero-order valence-corrected chi connectivity index (χ0v) is 20.0. The molecule has 1 amide bonds. The minimum absolute atomic E-state index is 0.0448. The number of halogens is 1. The van der Waals surface area contributed by atoms with Crippen LogP contribution in [0.15, 0.2) is 66.2 Å². The minimum Gasteiger partial charge on any atom is -0.507 e. The van der Waals surface area contributed by atoms with E-state index in [1.165, 1.54) is 31.3 Å². The molecule has 0 saturated carbocycles. The number of aryl methyl sites for hydroxylation is 2. The third-order valence-corrected chi connectivity index (χ3v) is 6.11. The molecule has 34 heavy (non-hydrogen) atoms. The molecule has 1 unspecified atom stereocenters. The number of aliphatic hydroxyl groups is 1. The van der Waals surface area contributed by atoms with E-state index in [2.05, 4.69) is 0 Å². The van der Waals surface area contributed by atoms with Crippen molar-refractivity contribution in [2.75, 3.05) is 19.1 Å². The van der Waals surface area contributed by atoms with E-state index in [1.54, 1.807) is 6.07 Å². The Bertz CT molecular complexity index is 1330. The molecular formula is C27H24ClNO5. The number of benzene rings is 3. The number of carbonyl (C=O) groups is 2. The van der Waals surface area contributed by atoms with Crippen molar-refractivity contribution in [3.8, 4) is 11.5 Å². The Morgan fingerprint density at radius 3 is 2.18 bits per heavy atom. The molecule has 0 aromatic heterocycles. The van der Waals surface area contributed by atoms with Crippen molar-refractivity contribution in [3.63, 3.8) is 0 Å². The Balaban J connectivity index is 2.00. The molecule has 174 valence electrons. The normalized spacial score (nSPS) is 17.2. The van der Waals surface area contributed by atoms with Crippen LogP contribution in [0.1, 0.15) is 28.3 Å². The summed E-state index contributed by atoms with van der Waals surface area (Å²) in [7, 11) is 2.90. The zero-order chi connectivity index (χ0) is 24.6. The Morgan fingerprint density at radius 2 is 1.56 bits per heavy atom. The summed E-state index contributed by atoms with van der Waals surface area (Å²) in [5, 5.41) is 11.7. The van der Waals surface area contributed by atoms with E-state index in [0.29, 0.717) is 17.0 Å². The monoisotopic (exact) mass is 477 g/mol. The molecule has 1 fully saturated rings. The molecule has 3 aromatic rings. The van der Waals surface area contributed by atoms with E-state index < -0.39 is 17.7 Å². The highest BCUT2D eigenvalue weighted by Gasteiger charge is 2.47.